The summed E-state index contributed by atoms with van der Waals surface area (Å²) < 4.78 is 5.32. The fourth-order valence-electron chi connectivity index (χ4n) is 1.19. The molecule has 0 amide bonds. The third kappa shape index (κ3) is 2.97. The summed E-state index contributed by atoms with van der Waals surface area (Å²) >= 11 is 0. The van der Waals surface area contributed by atoms with Crippen LogP contribution in [0, 0.1) is 6.92 Å². The molecule has 1 rings (SSSR count). The second-order valence-electron chi connectivity index (χ2n) is 3.57. The second kappa shape index (κ2) is 4.82. The number of nitrogen functional groups attached to an aromatic ring is 1. The smallest absolute Gasteiger partial charge is 0.242 e. The van der Waals surface area contributed by atoms with Crippen molar-refractivity contribution in [2.45, 2.75) is 33.7 Å². The molecule has 0 aliphatic heterocycles. The molecule has 0 atom stereocenters. The average Bonchev–Trinajstić information content (AvgIpc) is 2.12. The van der Waals surface area contributed by atoms with E-state index in [9.17, 15) is 0 Å². The first-order valence-electron chi connectivity index (χ1n) is 5.08. The Kier molecular flexibility index (Phi) is 3.71. The predicted octanol–water partition coefficient (Wildman–Crippen LogP) is 1.59. The molecule has 1 heterocycles. The van der Waals surface area contributed by atoms with Crippen LogP contribution in [0.15, 0.2) is 0 Å². The van der Waals surface area contributed by atoms with Gasteiger partial charge in [-0.05, 0) is 27.7 Å². The first-order valence-corrected chi connectivity index (χ1v) is 5.08. The van der Waals surface area contributed by atoms with E-state index in [0.29, 0.717) is 29.8 Å². The largest absolute Gasteiger partial charge is 0.476 e. The maximum absolute atomic E-state index is 5.87. The van der Waals surface area contributed by atoms with E-state index in [0.717, 1.165) is 0 Å². The van der Waals surface area contributed by atoms with Crippen LogP contribution in [0.1, 0.15) is 26.6 Å². The van der Waals surface area contributed by atoms with Gasteiger partial charge in [0, 0.05) is 6.04 Å². The molecule has 0 aromatic carbocycles. The van der Waals surface area contributed by atoms with Gasteiger partial charge in [0.25, 0.3) is 0 Å². The number of rotatable bonds is 4. The molecule has 3 N–H and O–H groups in total. The molecule has 5 heteroatoms. The van der Waals surface area contributed by atoms with Gasteiger partial charge in [-0.15, -0.1) is 0 Å². The van der Waals surface area contributed by atoms with Gasteiger partial charge in [0.1, 0.15) is 11.5 Å². The zero-order valence-electron chi connectivity index (χ0n) is 9.66. The van der Waals surface area contributed by atoms with E-state index in [1.165, 1.54) is 0 Å². The van der Waals surface area contributed by atoms with Crippen molar-refractivity contribution >= 4 is 11.5 Å². The Morgan fingerprint density at radius 3 is 2.60 bits per heavy atom. The number of nitrogens with two attached hydrogens (primary N) is 1. The van der Waals surface area contributed by atoms with Gasteiger partial charge >= 0.3 is 0 Å². The van der Waals surface area contributed by atoms with Crippen LogP contribution < -0.4 is 15.8 Å². The van der Waals surface area contributed by atoms with Gasteiger partial charge in [0.05, 0.1) is 6.61 Å². The Morgan fingerprint density at radius 1 is 1.40 bits per heavy atom. The van der Waals surface area contributed by atoms with E-state index < -0.39 is 0 Å². The van der Waals surface area contributed by atoms with Gasteiger partial charge in [-0.2, -0.15) is 4.98 Å². The number of aromatic nitrogens is 2. The minimum atomic E-state index is 0.274. The van der Waals surface area contributed by atoms with Gasteiger partial charge in [-0.3, -0.25) is 0 Å². The van der Waals surface area contributed by atoms with Gasteiger partial charge in [0.2, 0.25) is 5.88 Å². The second-order valence-corrected chi connectivity index (χ2v) is 3.57. The van der Waals surface area contributed by atoms with Crippen LogP contribution in [0.5, 0.6) is 5.88 Å². The Hall–Kier alpha value is -1.52. The van der Waals surface area contributed by atoms with Crippen molar-refractivity contribution in [3.8, 4) is 5.88 Å². The molecule has 0 fully saturated rings. The number of ether oxygens (including phenoxy) is 1. The van der Waals surface area contributed by atoms with Crippen LogP contribution >= 0.6 is 0 Å². The summed E-state index contributed by atoms with van der Waals surface area (Å²) in [5.41, 5.74) is 6.34. The van der Waals surface area contributed by atoms with Gasteiger partial charge in [-0.1, -0.05) is 0 Å². The molecule has 0 saturated heterocycles. The van der Waals surface area contributed by atoms with E-state index in [2.05, 4.69) is 15.3 Å². The van der Waals surface area contributed by atoms with Crippen LogP contribution in [-0.4, -0.2) is 22.6 Å². The van der Waals surface area contributed by atoms with Gasteiger partial charge in [-0.25, -0.2) is 4.98 Å². The summed E-state index contributed by atoms with van der Waals surface area (Å²) in [6.07, 6.45) is 0. The highest BCUT2D eigenvalue weighted by atomic mass is 16.5. The first kappa shape index (κ1) is 11.6. The van der Waals surface area contributed by atoms with Crippen molar-refractivity contribution < 1.29 is 4.74 Å². The van der Waals surface area contributed by atoms with Crippen LogP contribution in [0.3, 0.4) is 0 Å². The average molecular weight is 210 g/mol. The summed E-state index contributed by atoms with van der Waals surface area (Å²) in [5, 5.41) is 3.16. The van der Waals surface area contributed by atoms with E-state index in [1.54, 1.807) is 0 Å². The van der Waals surface area contributed by atoms with E-state index in [4.69, 9.17) is 10.5 Å². The molecule has 15 heavy (non-hydrogen) atoms. The van der Waals surface area contributed by atoms with Crippen molar-refractivity contribution in [2.24, 2.45) is 0 Å². The SMILES string of the molecule is CCOc1nc(C)nc(NC(C)C)c1N. The number of hydrogen-bond acceptors (Lipinski definition) is 5. The molecule has 84 valence electrons. The summed E-state index contributed by atoms with van der Waals surface area (Å²) in [4.78, 5) is 8.36. The zero-order valence-corrected chi connectivity index (χ0v) is 9.66. The van der Waals surface area contributed by atoms with Gasteiger partial charge in [0.15, 0.2) is 5.82 Å². The first-order chi connectivity index (χ1) is 7.04. The highest BCUT2D eigenvalue weighted by molar-refractivity contribution is 5.67. The molecule has 1 aromatic rings. The Labute approximate surface area is 90.1 Å². The minimum absolute atomic E-state index is 0.274. The van der Waals surface area contributed by atoms with Crippen LogP contribution in [0.25, 0.3) is 0 Å². The number of nitrogens with zero attached hydrogens (tertiary/aromatic N) is 2. The monoisotopic (exact) mass is 210 g/mol. The van der Waals surface area contributed by atoms with E-state index >= 15 is 0 Å². The third-order valence-corrected chi connectivity index (χ3v) is 1.73. The molecular weight excluding hydrogens is 192 g/mol. The van der Waals surface area contributed by atoms with Crippen molar-refractivity contribution in [3.63, 3.8) is 0 Å². The molecule has 0 unspecified atom stereocenters. The summed E-state index contributed by atoms with van der Waals surface area (Å²) in [7, 11) is 0. The molecule has 5 nitrogen and oxygen atoms in total. The number of hydrogen-bond donors (Lipinski definition) is 2. The summed E-state index contributed by atoms with van der Waals surface area (Å²) in [6.45, 7) is 8.30. The van der Waals surface area contributed by atoms with E-state index in [-0.39, 0.29) is 6.04 Å². The van der Waals surface area contributed by atoms with Crippen molar-refractivity contribution in [2.75, 3.05) is 17.7 Å². The molecule has 0 aliphatic carbocycles. The lowest BCUT2D eigenvalue weighted by Gasteiger charge is -2.14. The molecule has 0 spiro atoms. The molecule has 1 aromatic heterocycles. The molecule has 0 saturated carbocycles. The molecule has 0 radical (unpaired) electrons. The highest BCUT2D eigenvalue weighted by Gasteiger charge is 2.11. The van der Waals surface area contributed by atoms with Crippen molar-refractivity contribution in [3.05, 3.63) is 5.82 Å². The lowest BCUT2D eigenvalue weighted by atomic mass is 10.3. The minimum Gasteiger partial charge on any atom is -0.476 e. The Balaban J connectivity index is 3.04. The normalized spacial score (nSPS) is 10.5. The summed E-state index contributed by atoms with van der Waals surface area (Å²) in [6, 6.07) is 0.274. The molecular formula is C10H18N4O. The van der Waals surface area contributed by atoms with Crippen molar-refractivity contribution in [1.82, 2.24) is 9.97 Å². The molecule has 0 bridgehead atoms. The Bertz CT molecular complexity index is 338. The predicted molar refractivity (Wildman–Crippen MR) is 61.1 cm³/mol. The quantitative estimate of drug-likeness (QED) is 0.789. The van der Waals surface area contributed by atoms with Crippen LogP contribution in [0.2, 0.25) is 0 Å². The number of aryl methyl sites for hydroxylation is 1. The lowest BCUT2D eigenvalue weighted by molar-refractivity contribution is 0.327. The topological polar surface area (TPSA) is 73.1 Å². The lowest BCUT2D eigenvalue weighted by Crippen LogP contribution is -2.15. The Morgan fingerprint density at radius 2 is 2.07 bits per heavy atom. The maximum Gasteiger partial charge on any atom is 0.242 e. The maximum atomic E-state index is 5.87. The zero-order chi connectivity index (χ0) is 11.4. The third-order valence-electron chi connectivity index (χ3n) is 1.73. The van der Waals surface area contributed by atoms with Crippen LogP contribution in [0.4, 0.5) is 11.5 Å². The number of nitrogens with one attached hydrogen (secondary N) is 1. The van der Waals surface area contributed by atoms with Gasteiger partial charge < -0.3 is 15.8 Å². The summed E-state index contributed by atoms with van der Waals surface area (Å²) in [5.74, 6) is 1.74. The van der Waals surface area contributed by atoms with Crippen molar-refractivity contribution in [1.29, 1.82) is 0 Å². The molecule has 0 aliphatic rings. The van der Waals surface area contributed by atoms with E-state index in [1.807, 2.05) is 27.7 Å². The fraction of sp³-hybridized carbons (Fsp3) is 0.600. The standard InChI is InChI=1S/C10H18N4O/c1-5-15-10-8(11)9(12-6(2)3)13-7(4)14-10/h6H,5,11H2,1-4H3,(H,12,13,14). The van der Waals surface area contributed by atoms with Crippen LogP contribution in [-0.2, 0) is 0 Å². The highest BCUT2D eigenvalue weighted by Crippen LogP contribution is 2.26. The number of anilines is 2. The fourth-order valence-corrected chi connectivity index (χ4v) is 1.19.